The normalized spacial score (nSPS) is 25.7. The molecule has 5 heteroatoms. The minimum Gasteiger partial charge on any atom is -0.380 e. The molecule has 3 aliphatic heterocycles. The van der Waals surface area contributed by atoms with Crippen molar-refractivity contribution in [1.82, 2.24) is 19.6 Å². The first-order valence-electron chi connectivity index (χ1n) is 10.3. The first-order chi connectivity index (χ1) is 13.2. The first kappa shape index (κ1) is 17.4. The summed E-state index contributed by atoms with van der Waals surface area (Å²) < 4.78 is 7.60. The second-order valence-electron chi connectivity index (χ2n) is 8.66. The molecule has 4 heterocycles. The molecule has 1 aromatic carbocycles. The van der Waals surface area contributed by atoms with Gasteiger partial charge in [0.2, 0.25) is 0 Å². The summed E-state index contributed by atoms with van der Waals surface area (Å²) in [7, 11) is 2.00. The molecule has 0 aliphatic carbocycles. The van der Waals surface area contributed by atoms with Crippen LogP contribution in [0.4, 0.5) is 0 Å². The molecule has 0 amide bonds. The molecule has 1 aromatic heterocycles. The Bertz CT molecular complexity index is 787. The molecule has 27 heavy (non-hydrogen) atoms. The summed E-state index contributed by atoms with van der Waals surface area (Å²) in [6.07, 6.45) is 7.82. The van der Waals surface area contributed by atoms with Crippen LogP contribution in [0.3, 0.4) is 0 Å². The third-order valence-electron chi connectivity index (χ3n) is 6.87. The van der Waals surface area contributed by atoms with E-state index in [-0.39, 0.29) is 0 Å². The number of benzene rings is 1. The summed E-state index contributed by atoms with van der Waals surface area (Å²) in [5.41, 5.74) is 4.78. The number of aryl methyl sites for hydroxylation is 1. The lowest BCUT2D eigenvalue weighted by molar-refractivity contribution is 0.0639. The minimum absolute atomic E-state index is 0.308. The molecule has 0 bridgehead atoms. The van der Waals surface area contributed by atoms with Gasteiger partial charge in [-0.05, 0) is 43.5 Å². The van der Waals surface area contributed by atoms with Crippen molar-refractivity contribution in [2.45, 2.75) is 43.8 Å². The van der Waals surface area contributed by atoms with Crippen molar-refractivity contribution < 1.29 is 4.74 Å². The zero-order valence-electron chi connectivity index (χ0n) is 16.3. The fraction of sp³-hybridized carbons (Fsp3) is 0.591. The van der Waals surface area contributed by atoms with Gasteiger partial charge < -0.3 is 4.74 Å². The van der Waals surface area contributed by atoms with Gasteiger partial charge in [0.05, 0.1) is 12.8 Å². The molecule has 1 atom stereocenters. The fourth-order valence-electron chi connectivity index (χ4n) is 5.37. The average molecular weight is 367 g/mol. The maximum atomic E-state index is 5.70. The van der Waals surface area contributed by atoms with Crippen LogP contribution in [0.1, 0.15) is 36.0 Å². The number of rotatable bonds is 3. The molecule has 1 unspecified atom stereocenters. The van der Waals surface area contributed by atoms with Gasteiger partial charge in [0.15, 0.2) is 0 Å². The Hall–Kier alpha value is -1.69. The van der Waals surface area contributed by atoms with E-state index >= 15 is 0 Å². The van der Waals surface area contributed by atoms with Crippen LogP contribution >= 0.6 is 0 Å². The molecule has 0 saturated carbocycles. The SMILES string of the molecule is Cn1cc(CN2CCC3(CC2)CN(C2CCOC2)Cc2ccccc23)cn1. The van der Waals surface area contributed by atoms with Crippen LogP contribution in [-0.4, -0.2) is 58.5 Å². The summed E-state index contributed by atoms with van der Waals surface area (Å²) in [6, 6.07) is 9.79. The Morgan fingerprint density at radius 3 is 2.81 bits per heavy atom. The van der Waals surface area contributed by atoms with Crippen LogP contribution in [0.2, 0.25) is 0 Å². The van der Waals surface area contributed by atoms with Gasteiger partial charge >= 0.3 is 0 Å². The number of ether oxygens (including phenoxy) is 1. The van der Waals surface area contributed by atoms with E-state index < -0.39 is 0 Å². The minimum atomic E-state index is 0.308. The van der Waals surface area contributed by atoms with Gasteiger partial charge in [-0.15, -0.1) is 0 Å². The zero-order chi connectivity index (χ0) is 18.3. The highest BCUT2D eigenvalue weighted by Crippen LogP contribution is 2.43. The van der Waals surface area contributed by atoms with E-state index in [0.29, 0.717) is 11.5 Å². The number of piperidine rings is 1. The van der Waals surface area contributed by atoms with E-state index in [1.165, 1.54) is 36.9 Å². The molecule has 2 saturated heterocycles. The molecule has 5 rings (SSSR count). The van der Waals surface area contributed by atoms with Gasteiger partial charge in [-0.1, -0.05) is 24.3 Å². The molecule has 2 aromatic rings. The molecule has 144 valence electrons. The maximum Gasteiger partial charge on any atom is 0.0622 e. The Kier molecular flexibility index (Phi) is 4.54. The number of likely N-dealkylation sites (tertiary alicyclic amines) is 1. The highest BCUT2D eigenvalue weighted by molar-refractivity contribution is 5.38. The zero-order valence-corrected chi connectivity index (χ0v) is 16.3. The molecule has 0 N–H and O–H groups in total. The van der Waals surface area contributed by atoms with Crippen molar-refractivity contribution in [2.24, 2.45) is 7.05 Å². The Labute approximate surface area is 161 Å². The summed E-state index contributed by atoms with van der Waals surface area (Å²) in [5, 5.41) is 4.32. The van der Waals surface area contributed by atoms with E-state index in [0.717, 1.165) is 39.4 Å². The van der Waals surface area contributed by atoms with Crippen molar-refractivity contribution >= 4 is 0 Å². The highest BCUT2D eigenvalue weighted by Gasteiger charge is 2.43. The topological polar surface area (TPSA) is 33.5 Å². The Morgan fingerprint density at radius 1 is 1.22 bits per heavy atom. The van der Waals surface area contributed by atoms with Gasteiger partial charge in [0.1, 0.15) is 0 Å². The van der Waals surface area contributed by atoms with Gasteiger partial charge in [-0.25, -0.2) is 0 Å². The number of fused-ring (bicyclic) bond motifs is 2. The molecule has 5 nitrogen and oxygen atoms in total. The molecule has 2 fully saturated rings. The Morgan fingerprint density at radius 2 is 2.07 bits per heavy atom. The predicted molar refractivity (Wildman–Crippen MR) is 105 cm³/mol. The lowest BCUT2D eigenvalue weighted by atomic mass is 9.68. The smallest absolute Gasteiger partial charge is 0.0622 e. The lowest BCUT2D eigenvalue weighted by Crippen LogP contribution is -2.54. The molecule has 0 radical (unpaired) electrons. The lowest BCUT2D eigenvalue weighted by Gasteiger charge is -2.50. The highest BCUT2D eigenvalue weighted by atomic mass is 16.5. The fourth-order valence-corrected chi connectivity index (χ4v) is 5.37. The summed E-state index contributed by atoms with van der Waals surface area (Å²) in [4.78, 5) is 5.31. The van der Waals surface area contributed by atoms with E-state index in [4.69, 9.17) is 4.74 Å². The monoisotopic (exact) mass is 366 g/mol. The van der Waals surface area contributed by atoms with Crippen molar-refractivity contribution in [2.75, 3.05) is 32.8 Å². The van der Waals surface area contributed by atoms with Crippen LogP contribution in [0, 0.1) is 0 Å². The van der Waals surface area contributed by atoms with E-state index in [1.54, 1.807) is 5.56 Å². The standard InChI is InChI=1S/C22H30N4O/c1-24-13-18(12-23-24)14-25-9-7-22(8-10-25)17-26(20-6-11-27-16-20)15-19-4-2-3-5-21(19)22/h2-5,12-13,20H,6-11,14-17H2,1H3. The maximum absolute atomic E-state index is 5.70. The number of hydrogen-bond acceptors (Lipinski definition) is 4. The summed E-state index contributed by atoms with van der Waals surface area (Å²) in [5.74, 6) is 0. The van der Waals surface area contributed by atoms with Crippen LogP contribution in [0.15, 0.2) is 36.7 Å². The predicted octanol–water partition coefficient (Wildman–Crippen LogP) is 2.56. The molecule has 1 spiro atoms. The second kappa shape index (κ2) is 7.04. The van der Waals surface area contributed by atoms with Crippen molar-refractivity contribution in [3.8, 4) is 0 Å². The third kappa shape index (κ3) is 3.33. The van der Waals surface area contributed by atoms with Gasteiger partial charge in [-0.2, -0.15) is 5.10 Å². The third-order valence-corrected chi connectivity index (χ3v) is 6.87. The van der Waals surface area contributed by atoms with Crippen LogP contribution in [0.5, 0.6) is 0 Å². The number of aromatic nitrogens is 2. The van der Waals surface area contributed by atoms with Crippen LogP contribution in [0.25, 0.3) is 0 Å². The molecule has 3 aliphatic rings. The number of hydrogen-bond donors (Lipinski definition) is 0. The van der Waals surface area contributed by atoms with Gasteiger partial charge in [-0.3, -0.25) is 14.5 Å². The van der Waals surface area contributed by atoms with Gasteiger partial charge in [0, 0.05) is 56.5 Å². The average Bonchev–Trinajstić information content (AvgIpc) is 3.36. The second-order valence-corrected chi connectivity index (χ2v) is 8.66. The Balaban J connectivity index is 1.34. The van der Waals surface area contributed by atoms with E-state index in [9.17, 15) is 0 Å². The van der Waals surface area contributed by atoms with Gasteiger partial charge in [0.25, 0.3) is 0 Å². The van der Waals surface area contributed by atoms with Crippen molar-refractivity contribution in [3.63, 3.8) is 0 Å². The van der Waals surface area contributed by atoms with Crippen LogP contribution in [-0.2, 0) is 30.3 Å². The molecular weight excluding hydrogens is 336 g/mol. The van der Waals surface area contributed by atoms with Crippen LogP contribution < -0.4 is 0 Å². The number of nitrogens with zero attached hydrogens (tertiary/aromatic N) is 4. The van der Waals surface area contributed by atoms with E-state index in [2.05, 4.69) is 45.4 Å². The molecular formula is C22H30N4O. The first-order valence-corrected chi connectivity index (χ1v) is 10.3. The largest absolute Gasteiger partial charge is 0.380 e. The van der Waals surface area contributed by atoms with Crippen molar-refractivity contribution in [3.05, 3.63) is 53.3 Å². The quantitative estimate of drug-likeness (QED) is 0.836. The van der Waals surface area contributed by atoms with E-state index in [1.807, 2.05) is 17.9 Å². The summed E-state index contributed by atoms with van der Waals surface area (Å²) in [6.45, 7) is 7.46. The van der Waals surface area contributed by atoms with Crippen molar-refractivity contribution in [1.29, 1.82) is 0 Å². The summed E-state index contributed by atoms with van der Waals surface area (Å²) >= 11 is 0.